The first-order valence-corrected chi connectivity index (χ1v) is 8.43. The molecule has 2 aromatic rings. The predicted octanol–water partition coefficient (Wildman–Crippen LogP) is 1.30. The third-order valence-electron chi connectivity index (χ3n) is 4.32. The van der Waals surface area contributed by atoms with E-state index >= 15 is 0 Å². The van der Waals surface area contributed by atoms with E-state index < -0.39 is 0 Å². The van der Waals surface area contributed by atoms with Crippen LogP contribution in [0.4, 0.5) is 10.5 Å². The fraction of sp³-hybridized carbons (Fsp3) is 0.471. The number of carbonyl (C=O) groups is 1. The van der Waals surface area contributed by atoms with Crippen molar-refractivity contribution in [3.05, 3.63) is 36.4 Å². The van der Waals surface area contributed by atoms with Crippen LogP contribution in [0.25, 0.3) is 5.69 Å². The maximum atomic E-state index is 12.7. The van der Waals surface area contributed by atoms with Crippen LogP contribution in [0, 0.1) is 5.92 Å². The summed E-state index contributed by atoms with van der Waals surface area (Å²) in [6.07, 6.45) is 4.04. The summed E-state index contributed by atoms with van der Waals surface area (Å²) < 4.78 is 7.23. The molecule has 3 rings (SSSR count). The molecule has 0 aliphatic carbocycles. The van der Waals surface area contributed by atoms with Crippen molar-refractivity contribution in [1.82, 2.24) is 19.7 Å². The molecule has 1 atom stereocenters. The first-order valence-electron chi connectivity index (χ1n) is 8.43. The summed E-state index contributed by atoms with van der Waals surface area (Å²) in [6.45, 7) is 4.00. The highest BCUT2D eigenvalue weighted by molar-refractivity contribution is 5.90. The van der Waals surface area contributed by atoms with Crippen molar-refractivity contribution in [2.24, 2.45) is 5.92 Å². The number of carbonyl (C=O) groups excluding carboxylic acids is 1. The molecule has 2 amide bonds. The number of aromatic nitrogens is 3. The van der Waals surface area contributed by atoms with Crippen molar-refractivity contribution < 1.29 is 14.6 Å². The molecule has 0 saturated carbocycles. The predicted molar refractivity (Wildman–Crippen MR) is 92.7 cm³/mol. The van der Waals surface area contributed by atoms with Crippen LogP contribution < -0.4 is 5.32 Å². The summed E-state index contributed by atoms with van der Waals surface area (Å²) in [5, 5.41) is 20.0. The number of hydrogen-bond donors (Lipinski definition) is 2. The molecule has 0 unspecified atom stereocenters. The fourth-order valence-corrected chi connectivity index (χ4v) is 2.85. The van der Waals surface area contributed by atoms with Gasteiger partial charge in [-0.05, 0) is 24.1 Å². The molecule has 1 aromatic heterocycles. The van der Waals surface area contributed by atoms with Crippen LogP contribution in [0.1, 0.15) is 12.5 Å². The van der Waals surface area contributed by atoms with Gasteiger partial charge in [-0.25, -0.2) is 4.79 Å². The summed E-state index contributed by atoms with van der Waals surface area (Å²) >= 11 is 0. The molecule has 1 aliphatic rings. The van der Waals surface area contributed by atoms with Crippen LogP contribution in [0.15, 0.2) is 30.9 Å². The van der Waals surface area contributed by atoms with Crippen LogP contribution in [-0.2, 0) is 11.2 Å². The molecule has 1 saturated heterocycles. The van der Waals surface area contributed by atoms with E-state index in [-0.39, 0.29) is 18.6 Å². The maximum absolute atomic E-state index is 12.7. The lowest BCUT2D eigenvalue weighted by Crippen LogP contribution is -2.39. The number of nitrogens with zero attached hydrogens (tertiary/aromatic N) is 4. The first-order chi connectivity index (χ1) is 12.2. The summed E-state index contributed by atoms with van der Waals surface area (Å²) in [5.74, 6) is -0.0535. The number of ether oxygens (including phenoxy) is 1. The van der Waals surface area contributed by atoms with E-state index in [2.05, 4.69) is 15.5 Å². The molecule has 1 aromatic carbocycles. The van der Waals surface area contributed by atoms with Crippen LogP contribution in [0.5, 0.6) is 0 Å². The molecule has 2 heterocycles. The lowest BCUT2D eigenvalue weighted by atomic mass is 10.1. The molecular weight excluding hydrogens is 322 g/mol. The molecule has 0 radical (unpaired) electrons. The van der Waals surface area contributed by atoms with Gasteiger partial charge in [-0.1, -0.05) is 13.0 Å². The summed E-state index contributed by atoms with van der Waals surface area (Å²) in [7, 11) is 0. The van der Waals surface area contributed by atoms with E-state index in [1.165, 1.54) is 0 Å². The summed E-state index contributed by atoms with van der Waals surface area (Å²) in [6, 6.07) is 5.70. The van der Waals surface area contributed by atoms with Gasteiger partial charge in [0.2, 0.25) is 0 Å². The number of aryl methyl sites for hydroxylation is 1. The molecule has 2 N–H and O–H groups in total. The standard InChI is InChI=1S/C17H23N5O3/c1-2-14-3-4-15(22-11-18-19-12-22)7-16(14)20-17(24)21-5-6-25-10-13(8-21)9-23/h3-4,7,11-13,23H,2,5-6,8-10H2,1H3,(H,20,24)/t13-/m1/s1. The van der Waals surface area contributed by atoms with Crippen molar-refractivity contribution in [2.75, 3.05) is 38.2 Å². The van der Waals surface area contributed by atoms with E-state index in [0.717, 1.165) is 23.4 Å². The smallest absolute Gasteiger partial charge is 0.321 e. The normalized spacial score (nSPS) is 18.0. The van der Waals surface area contributed by atoms with Crippen molar-refractivity contribution in [3.8, 4) is 5.69 Å². The Bertz CT molecular complexity index is 704. The number of aliphatic hydroxyl groups is 1. The molecule has 0 spiro atoms. The van der Waals surface area contributed by atoms with E-state index in [1.807, 2.05) is 25.1 Å². The zero-order valence-corrected chi connectivity index (χ0v) is 14.3. The number of amides is 2. The lowest BCUT2D eigenvalue weighted by molar-refractivity contribution is 0.0958. The molecule has 0 bridgehead atoms. The zero-order chi connectivity index (χ0) is 17.6. The monoisotopic (exact) mass is 345 g/mol. The van der Waals surface area contributed by atoms with Gasteiger partial charge in [0.25, 0.3) is 0 Å². The molecule has 25 heavy (non-hydrogen) atoms. The van der Waals surface area contributed by atoms with Gasteiger partial charge in [-0.15, -0.1) is 10.2 Å². The highest BCUT2D eigenvalue weighted by Gasteiger charge is 2.22. The third kappa shape index (κ3) is 4.15. The van der Waals surface area contributed by atoms with Gasteiger partial charge in [0.15, 0.2) is 0 Å². The largest absolute Gasteiger partial charge is 0.396 e. The topological polar surface area (TPSA) is 92.5 Å². The average Bonchev–Trinajstić information content (AvgIpc) is 3.06. The molecule has 1 fully saturated rings. The van der Waals surface area contributed by atoms with Gasteiger partial charge in [0.1, 0.15) is 12.7 Å². The SMILES string of the molecule is CCc1ccc(-n2cnnc2)cc1NC(=O)N1CCOC[C@@H](CO)C1. The van der Waals surface area contributed by atoms with Gasteiger partial charge >= 0.3 is 6.03 Å². The Kier molecular flexibility index (Phi) is 5.62. The quantitative estimate of drug-likeness (QED) is 0.871. The molecule has 134 valence electrons. The number of anilines is 1. The van der Waals surface area contributed by atoms with Crippen molar-refractivity contribution in [3.63, 3.8) is 0 Å². The Balaban J connectivity index is 1.78. The Morgan fingerprint density at radius 1 is 1.40 bits per heavy atom. The second kappa shape index (κ2) is 8.09. The maximum Gasteiger partial charge on any atom is 0.321 e. The lowest BCUT2D eigenvalue weighted by Gasteiger charge is -2.24. The third-order valence-corrected chi connectivity index (χ3v) is 4.32. The van der Waals surface area contributed by atoms with E-state index in [0.29, 0.717) is 26.3 Å². The van der Waals surface area contributed by atoms with Gasteiger partial charge in [-0.2, -0.15) is 0 Å². The first kappa shape index (κ1) is 17.4. The van der Waals surface area contributed by atoms with Gasteiger partial charge in [0.05, 0.1) is 18.9 Å². The van der Waals surface area contributed by atoms with Crippen LogP contribution >= 0.6 is 0 Å². The number of benzene rings is 1. The molecule has 8 nitrogen and oxygen atoms in total. The second-order valence-corrected chi connectivity index (χ2v) is 6.06. The average molecular weight is 345 g/mol. The number of rotatable bonds is 4. The van der Waals surface area contributed by atoms with E-state index in [9.17, 15) is 9.90 Å². The molecule has 1 aliphatic heterocycles. The van der Waals surface area contributed by atoms with Crippen molar-refractivity contribution >= 4 is 11.7 Å². The molecular formula is C17H23N5O3. The Hall–Kier alpha value is -2.45. The van der Waals surface area contributed by atoms with Gasteiger partial charge in [0, 0.05) is 31.3 Å². The number of aliphatic hydroxyl groups excluding tert-OH is 1. The van der Waals surface area contributed by atoms with Gasteiger partial charge < -0.3 is 20.1 Å². The number of nitrogens with one attached hydrogen (secondary N) is 1. The Labute approximate surface area is 146 Å². The van der Waals surface area contributed by atoms with Crippen LogP contribution in [0.3, 0.4) is 0 Å². The second-order valence-electron chi connectivity index (χ2n) is 6.06. The highest BCUT2D eigenvalue weighted by atomic mass is 16.5. The summed E-state index contributed by atoms with van der Waals surface area (Å²) in [5.41, 5.74) is 2.70. The van der Waals surface area contributed by atoms with Crippen molar-refractivity contribution in [1.29, 1.82) is 0 Å². The Morgan fingerprint density at radius 2 is 2.20 bits per heavy atom. The number of hydrogen-bond acceptors (Lipinski definition) is 5. The van der Waals surface area contributed by atoms with Crippen molar-refractivity contribution in [2.45, 2.75) is 13.3 Å². The van der Waals surface area contributed by atoms with Crippen LogP contribution in [-0.4, -0.2) is 63.7 Å². The highest BCUT2D eigenvalue weighted by Crippen LogP contribution is 2.21. The number of urea groups is 1. The summed E-state index contributed by atoms with van der Waals surface area (Å²) in [4.78, 5) is 14.4. The molecule has 8 heteroatoms. The Morgan fingerprint density at radius 3 is 2.92 bits per heavy atom. The van der Waals surface area contributed by atoms with E-state index in [4.69, 9.17) is 4.74 Å². The fourth-order valence-electron chi connectivity index (χ4n) is 2.85. The minimum atomic E-state index is -0.181. The minimum Gasteiger partial charge on any atom is -0.396 e. The van der Waals surface area contributed by atoms with Crippen LogP contribution in [0.2, 0.25) is 0 Å². The van der Waals surface area contributed by atoms with E-state index in [1.54, 1.807) is 22.1 Å². The zero-order valence-electron chi connectivity index (χ0n) is 14.3. The van der Waals surface area contributed by atoms with Gasteiger partial charge in [-0.3, -0.25) is 4.57 Å². The minimum absolute atomic E-state index is 0.00705.